The van der Waals surface area contributed by atoms with Gasteiger partial charge in [0.15, 0.2) is 0 Å². The van der Waals surface area contributed by atoms with E-state index in [4.69, 9.17) is 5.21 Å². The van der Waals surface area contributed by atoms with Crippen LogP contribution in [0.4, 0.5) is 0 Å². The molecule has 1 unspecified atom stereocenters. The molecule has 0 radical (unpaired) electrons. The van der Waals surface area contributed by atoms with Gasteiger partial charge < -0.3 is 0 Å². The SMILES string of the molecule is CC.CCC(C)C(=O)NO. The van der Waals surface area contributed by atoms with Crippen molar-refractivity contribution in [2.24, 2.45) is 5.92 Å². The highest BCUT2D eigenvalue weighted by Gasteiger charge is 2.06. The number of hydroxylamine groups is 1. The van der Waals surface area contributed by atoms with E-state index in [0.29, 0.717) is 0 Å². The first-order valence-electron chi connectivity index (χ1n) is 3.66. The Kier molecular flexibility index (Phi) is 10.2. The molecular formula is C7H17NO2. The Morgan fingerprint density at radius 2 is 2.00 bits per heavy atom. The van der Waals surface area contributed by atoms with Crippen molar-refractivity contribution in [3.05, 3.63) is 0 Å². The summed E-state index contributed by atoms with van der Waals surface area (Å²) in [6.07, 6.45) is 0.756. The highest BCUT2D eigenvalue weighted by molar-refractivity contribution is 5.76. The molecule has 0 heterocycles. The summed E-state index contributed by atoms with van der Waals surface area (Å²) in [6.45, 7) is 7.64. The number of hydrogen-bond acceptors (Lipinski definition) is 2. The average molecular weight is 147 g/mol. The Morgan fingerprint density at radius 1 is 1.60 bits per heavy atom. The molecule has 10 heavy (non-hydrogen) atoms. The summed E-state index contributed by atoms with van der Waals surface area (Å²) in [4.78, 5) is 10.4. The van der Waals surface area contributed by atoms with E-state index in [0.717, 1.165) is 6.42 Å². The topological polar surface area (TPSA) is 49.3 Å². The van der Waals surface area contributed by atoms with E-state index in [-0.39, 0.29) is 11.8 Å². The number of nitrogens with one attached hydrogen (secondary N) is 1. The Balaban J connectivity index is 0. The molecule has 1 atom stereocenters. The lowest BCUT2D eigenvalue weighted by molar-refractivity contribution is -0.132. The van der Waals surface area contributed by atoms with Crippen LogP contribution in [0.15, 0.2) is 0 Å². The molecule has 3 heteroatoms. The summed E-state index contributed by atoms with van der Waals surface area (Å²) in [5.74, 6) is -0.396. The Bertz CT molecular complexity index is 83.7. The Morgan fingerprint density at radius 3 is 2.10 bits per heavy atom. The minimum absolute atomic E-state index is 0.0833. The van der Waals surface area contributed by atoms with E-state index in [2.05, 4.69) is 0 Å². The molecule has 0 aromatic carbocycles. The molecule has 0 rings (SSSR count). The van der Waals surface area contributed by atoms with Gasteiger partial charge in [0.2, 0.25) is 5.91 Å². The maximum Gasteiger partial charge on any atom is 0.246 e. The zero-order chi connectivity index (χ0) is 8.57. The summed E-state index contributed by atoms with van der Waals surface area (Å²) in [6, 6.07) is 0. The third-order valence-electron chi connectivity index (χ3n) is 1.17. The van der Waals surface area contributed by atoms with Crippen molar-refractivity contribution in [1.29, 1.82) is 0 Å². The van der Waals surface area contributed by atoms with Crippen LogP contribution in [0.3, 0.4) is 0 Å². The molecule has 0 aliphatic carbocycles. The van der Waals surface area contributed by atoms with Crippen LogP contribution >= 0.6 is 0 Å². The molecular weight excluding hydrogens is 130 g/mol. The van der Waals surface area contributed by atoms with Crippen molar-refractivity contribution in [2.45, 2.75) is 34.1 Å². The maximum absolute atomic E-state index is 10.4. The van der Waals surface area contributed by atoms with Gasteiger partial charge in [-0.15, -0.1) is 0 Å². The third kappa shape index (κ3) is 5.56. The molecule has 0 aromatic heterocycles. The number of amides is 1. The van der Waals surface area contributed by atoms with Gasteiger partial charge in [0.25, 0.3) is 0 Å². The van der Waals surface area contributed by atoms with Crippen LogP contribution in [-0.2, 0) is 4.79 Å². The number of rotatable bonds is 2. The summed E-state index contributed by atoms with van der Waals surface area (Å²) in [5.41, 5.74) is 1.58. The molecule has 0 saturated carbocycles. The third-order valence-corrected chi connectivity index (χ3v) is 1.17. The molecule has 0 aliphatic rings. The van der Waals surface area contributed by atoms with Crippen LogP contribution in [0.5, 0.6) is 0 Å². The molecule has 62 valence electrons. The van der Waals surface area contributed by atoms with Crippen LogP contribution in [0, 0.1) is 5.92 Å². The van der Waals surface area contributed by atoms with Crippen molar-refractivity contribution in [3.63, 3.8) is 0 Å². The van der Waals surface area contributed by atoms with E-state index < -0.39 is 0 Å². The lowest BCUT2D eigenvalue weighted by Crippen LogP contribution is -2.25. The predicted molar refractivity (Wildman–Crippen MR) is 40.7 cm³/mol. The molecule has 0 fully saturated rings. The predicted octanol–water partition coefficient (Wildman–Crippen LogP) is 1.56. The maximum atomic E-state index is 10.4. The average Bonchev–Trinajstić information content (AvgIpc) is 2.05. The summed E-state index contributed by atoms with van der Waals surface area (Å²) in [5, 5.41) is 8.04. The van der Waals surface area contributed by atoms with Crippen LogP contribution in [0.1, 0.15) is 34.1 Å². The van der Waals surface area contributed by atoms with Gasteiger partial charge in [-0.1, -0.05) is 27.7 Å². The summed E-state index contributed by atoms with van der Waals surface area (Å²) >= 11 is 0. The lowest BCUT2D eigenvalue weighted by Gasteiger charge is -2.02. The molecule has 0 bridgehead atoms. The molecule has 2 N–H and O–H groups in total. The normalized spacial score (nSPS) is 10.9. The van der Waals surface area contributed by atoms with Crippen LogP contribution in [0.25, 0.3) is 0 Å². The zero-order valence-electron chi connectivity index (χ0n) is 7.14. The van der Waals surface area contributed by atoms with E-state index >= 15 is 0 Å². The standard InChI is InChI=1S/C5H11NO2.C2H6/c1-3-4(2)5(7)6-8;1-2/h4,8H,3H2,1-2H3,(H,6,7);1-2H3. The summed E-state index contributed by atoms with van der Waals surface area (Å²) < 4.78 is 0. The second kappa shape index (κ2) is 8.43. The molecule has 0 aromatic rings. The van der Waals surface area contributed by atoms with Gasteiger partial charge in [0.05, 0.1) is 0 Å². The first kappa shape index (κ1) is 12.1. The minimum atomic E-state index is -0.312. The van der Waals surface area contributed by atoms with Crippen molar-refractivity contribution in [3.8, 4) is 0 Å². The molecule has 0 saturated heterocycles. The lowest BCUT2D eigenvalue weighted by atomic mass is 10.1. The fourth-order valence-electron chi connectivity index (χ4n) is 0.296. The summed E-state index contributed by atoms with van der Waals surface area (Å²) in [7, 11) is 0. The van der Waals surface area contributed by atoms with Gasteiger partial charge in [0, 0.05) is 5.92 Å². The number of hydrogen-bond donors (Lipinski definition) is 2. The van der Waals surface area contributed by atoms with Crippen molar-refractivity contribution in [1.82, 2.24) is 5.48 Å². The highest BCUT2D eigenvalue weighted by Crippen LogP contribution is 1.97. The molecule has 1 amide bonds. The Hall–Kier alpha value is -0.570. The van der Waals surface area contributed by atoms with Crippen molar-refractivity contribution in [2.75, 3.05) is 0 Å². The first-order chi connectivity index (χ1) is 4.72. The van der Waals surface area contributed by atoms with E-state index in [1.807, 2.05) is 20.8 Å². The molecule has 3 nitrogen and oxygen atoms in total. The van der Waals surface area contributed by atoms with Crippen molar-refractivity contribution >= 4 is 5.91 Å². The highest BCUT2D eigenvalue weighted by atomic mass is 16.5. The monoisotopic (exact) mass is 147 g/mol. The first-order valence-corrected chi connectivity index (χ1v) is 3.66. The van der Waals surface area contributed by atoms with E-state index in [9.17, 15) is 4.79 Å². The van der Waals surface area contributed by atoms with Gasteiger partial charge in [0.1, 0.15) is 0 Å². The fourth-order valence-corrected chi connectivity index (χ4v) is 0.296. The minimum Gasteiger partial charge on any atom is -0.289 e. The molecule has 0 aliphatic heterocycles. The second-order valence-electron chi connectivity index (χ2n) is 1.79. The van der Waals surface area contributed by atoms with Crippen molar-refractivity contribution < 1.29 is 10.0 Å². The van der Waals surface area contributed by atoms with Gasteiger partial charge in [-0.3, -0.25) is 10.0 Å². The number of carbonyl (C=O) groups is 1. The largest absolute Gasteiger partial charge is 0.289 e. The zero-order valence-corrected chi connectivity index (χ0v) is 7.14. The van der Waals surface area contributed by atoms with Crippen LogP contribution < -0.4 is 5.48 Å². The second-order valence-corrected chi connectivity index (χ2v) is 1.79. The quantitative estimate of drug-likeness (QED) is 0.460. The van der Waals surface area contributed by atoms with Gasteiger partial charge in [-0.25, -0.2) is 5.48 Å². The van der Waals surface area contributed by atoms with E-state index in [1.54, 1.807) is 12.4 Å². The molecule has 0 spiro atoms. The smallest absolute Gasteiger partial charge is 0.246 e. The van der Waals surface area contributed by atoms with Crippen LogP contribution in [-0.4, -0.2) is 11.1 Å². The Labute approximate surface area is 62.4 Å². The van der Waals surface area contributed by atoms with Crippen LogP contribution in [0.2, 0.25) is 0 Å². The number of carbonyl (C=O) groups excluding carboxylic acids is 1. The van der Waals surface area contributed by atoms with Gasteiger partial charge >= 0.3 is 0 Å². The van der Waals surface area contributed by atoms with Gasteiger partial charge in [-0.05, 0) is 6.42 Å². The van der Waals surface area contributed by atoms with E-state index in [1.165, 1.54) is 0 Å². The van der Waals surface area contributed by atoms with Gasteiger partial charge in [-0.2, -0.15) is 0 Å². The fraction of sp³-hybridized carbons (Fsp3) is 0.857.